The van der Waals surface area contributed by atoms with Gasteiger partial charge in [0, 0.05) is 17.2 Å². The summed E-state index contributed by atoms with van der Waals surface area (Å²) < 4.78 is 16.6. The largest absolute Gasteiger partial charge is 0.490 e. The van der Waals surface area contributed by atoms with Gasteiger partial charge in [0.1, 0.15) is 5.69 Å². The predicted octanol–water partition coefficient (Wildman–Crippen LogP) is 5.22. The van der Waals surface area contributed by atoms with E-state index in [0.717, 1.165) is 10.9 Å². The molecule has 0 radical (unpaired) electrons. The van der Waals surface area contributed by atoms with Crippen molar-refractivity contribution in [3.63, 3.8) is 0 Å². The van der Waals surface area contributed by atoms with E-state index in [1.165, 1.54) is 5.39 Å². The number of hydrogen-bond acceptors (Lipinski definition) is 5. The Morgan fingerprint density at radius 3 is 2.48 bits per heavy atom. The van der Waals surface area contributed by atoms with Crippen LogP contribution in [0.2, 0.25) is 0 Å². The topological polar surface area (TPSA) is 73.6 Å². The van der Waals surface area contributed by atoms with Crippen LogP contribution in [0, 0.1) is 0 Å². The van der Waals surface area contributed by atoms with Gasteiger partial charge in [0.05, 0.1) is 19.8 Å². The number of fused-ring (bicyclic) bond motifs is 1. The molecule has 0 atom stereocenters. The molecule has 0 unspecified atom stereocenters. The number of hydrogen-bond donors (Lipinski definition) is 1. The molecule has 6 nitrogen and oxygen atoms in total. The molecular formula is C25H24N2O4. The van der Waals surface area contributed by atoms with E-state index in [2.05, 4.69) is 34.7 Å². The SMILES string of the molecule is CCOc1ccc(C(=O)NCc2cc(-c3ccc4ccccc4c3)on2)cc1OCC. The van der Waals surface area contributed by atoms with Gasteiger partial charge >= 0.3 is 0 Å². The maximum atomic E-state index is 12.6. The van der Waals surface area contributed by atoms with Crippen LogP contribution in [0.15, 0.2) is 71.3 Å². The van der Waals surface area contributed by atoms with Crippen molar-refractivity contribution < 1.29 is 18.8 Å². The molecule has 0 aliphatic carbocycles. The second-order valence-electron chi connectivity index (χ2n) is 6.95. The van der Waals surface area contributed by atoms with Crippen molar-refractivity contribution in [1.82, 2.24) is 10.5 Å². The Balaban J connectivity index is 1.44. The van der Waals surface area contributed by atoms with E-state index < -0.39 is 0 Å². The van der Waals surface area contributed by atoms with Gasteiger partial charge in [0.15, 0.2) is 17.3 Å². The van der Waals surface area contributed by atoms with Crippen LogP contribution in [-0.2, 0) is 6.54 Å². The molecule has 158 valence electrons. The molecule has 1 aromatic heterocycles. The Hall–Kier alpha value is -3.80. The number of nitrogens with one attached hydrogen (secondary N) is 1. The average molecular weight is 416 g/mol. The fraction of sp³-hybridized carbons (Fsp3) is 0.200. The first-order valence-corrected chi connectivity index (χ1v) is 10.3. The van der Waals surface area contributed by atoms with Gasteiger partial charge < -0.3 is 19.3 Å². The van der Waals surface area contributed by atoms with Crippen LogP contribution in [0.1, 0.15) is 29.9 Å². The molecule has 0 aliphatic rings. The molecule has 0 saturated carbocycles. The van der Waals surface area contributed by atoms with Gasteiger partial charge in [-0.15, -0.1) is 0 Å². The quantitative estimate of drug-likeness (QED) is 0.426. The molecule has 0 bridgehead atoms. The number of rotatable bonds is 8. The van der Waals surface area contributed by atoms with Crippen molar-refractivity contribution in [2.24, 2.45) is 0 Å². The highest BCUT2D eigenvalue weighted by molar-refractivity contribution is 5.94. The van der Waals surface area contributed by atoms with E-state index in [-0.39, 0.29) is 12.5 Å². The van der Waals surface area contributed by atoms with E-state index in [9.17, 15) is 4.79 Å². The van der Waals surface area contributed by atoms with Crippen molar-refractivity contribution in [2.45, 2.75) is 20.4 Å². The highest BCUT2D eigenvalue weighted by Crippen LogP contribution is 2.29. The second-order valence-corrected chi connectivity index (χ2v) is 6.95. The first-order valence-electron chi connectivity index (χ1n) is 10.3. The maximum absolute atomic E-state index is 12.6. The Kier molecular flexibility index (Phi) is 6.17. The van der Waals surface area contributed by atoms with E-state index in [1.807, 2.05) is 38.1 Å². The van der Waals surface area contributed by atoms with Crippen molar-refractivity contribution >= 4 is 16.7 Å². The lowest BCUT2D eigenvalue weighted by Crippen LogP contribution is -2.23. The third kappa shape index (κ3) is 4.69. The van der Waals surface area contributed by atoms with Crippen molar-refractivity contribution in [1.29, 1.82) is 0 Å². The maximum Gasteiger partial charge on any atom is 0.251 e. The summed E-state index contributed by atoms with van der Waals surface area (Å²) >= 11 is 0. The molecule has 3 aromatic carbocycles. The van der Waals surface area contributed by atoms with E-state index in [4.69, 9.17) is 14.0 Å². The van der Waals surface area contributed by atoms with Crippen LogP contribution >= 0.6 is 0 Å². The number of amides is 1. The monoisotopic (exact) mass is 416 g/mol. The highest BCUT2D eigenvalue weighted by Gasteiger charge is 2.13. The lowest BCUT2D eigenvalue weighted by atomic mass is 10.1. The number of carbonyl (C=O) groups excluding carboxylic acids is 1. The van der Waals surface area contributed by atoms with E-state index >= 15 is 0 Å². The second kappa shape index (κ2) is 9.34. The van der Waals surface area contributed by atoms with Crippen LogP contribution < -0.4 is 14.8 Å². The Bertz CT molecular complexity index is 1200. The number of carbonyl (C=O) groups is 1. The van der Waals surface area contributed by atoms with Crippen LogP contribution in [-0.4, -0.2) is 24.3 Å². The van der Waals surface area contributed by atoms with Crippen LogP contribution in [0.4, 0.5) is 0 Å². The predicted molar refractivity (Wildman–Crippen MR) is 119 cm³/mol. The summed E-state index contributed by atoms with van der Waals surface area (Å²) in [5.41, 5.74) is 2.08. The van der Waals surface area contributed by atoms with Gasteiger partial charge in [0.2, 0.25) is 0 Å². The Morgan fingerprint density at radius 1 is 0.903 bits per heavy atom. The van der Waals surface area contributed by atoms with Gasteiger partial charge in [-0.05, 0) is 48.9 Å². The summed E-state index contributed by atoms with van der Waals surface area (Å²) in [5.74, 6) is 1.61. The van der Waals surface area contributed by atoms with Crippen LogP contribution in [0.3, 0.4) is 0 Å². The molecule has 4 rings (SSSR count). The number of nitrogens with zero attached hydrogens (tertiary/aromatic N) is 1. The summed E-state index contributed by atoms with van der Waals surface area (Å²) in [7, 11) is 0. The molecule has 31 heavy (non-hydrogen) atoms. The molecular weight excluding hydrogens is 392 g/mol. The summed E-state index contributed by atoms with van der Waals surface area (Å²) in [6.07, 6.45) is 0. The van der Waals surface area contributed by atoms with Crippen LogP contribution in [0.25, 0.3) is 22.1 Å². The van der Waals surface area contributed by atoms with Crippen LogP contribution in [0.5, 0.6) is 11.5 Å². The lowest BCUT2D eigenvalue weighted by molar-refractivity contribution is 0.0949. The zero-order chi connectivity index (χ0) is 21.6. The minimum atomic E-state index is -0.223. The minimum absolute atomic E-state index is 0.223. The Labute approximate surface area is 180 Å². The van der Waals surface area contributed by atoms with Gasteiger partial charge in [-0.25, -0.2) is 0 Å². The molecule has 0 aliphatic heterocycles. The first-order chi connectivity index (χ1) is 15.2. The third-order valence-corrected chi connectivity index (χ3v) is 4.83. The van der Waals surface area contributed by atoms with Gasteiger partial charge in [-0.3, -0.25) is 4.79 Å². The molecule has 0 spiro atoms. The summed E-state index contributed by atoms with van der Waals surface area (Å²) in [6.45, 7) is 5.06. The van der Waals surface area contributed by atoms with E-state index in [1.54, 1.807) is 18.2 Å². The van der Waals surface area contributed by atoms with Crippen molar-refractivity contribution in [2.75, 3.05) is 13.2 Å². The summed E-state index contributed by atoms with van der Waals surface area (Å²) in [4.78, 5) is 12.6. The molecule has 1 N–H and O–H groups in total. The van der Waals surface area contributed by atoms with Gasteiger partial charge in [-0.2, -0.15) is 0 Å². The highest BCUT2D eigenvalue weighted by atomic mass is 16.5. The van der Waals surface area contributed by atoms with Gasteiger partial charge in [0.25, 0.3) is 5.91 Å². The number of ether oxygens (including phenoxy) is 2. The fourth-order valence-electron chi connectivity index (χ4n) is 3.34. The standard InChI is InChI=1S/C25H24N2O4/c1-3-29-22-12-11-20(14-24(22)30-4-2)25(28)26-16-21-15-23(31-27-21)19-10-9-17-7-5-6-8-18(17)13-19/h5-15H,3-4,16H2,1-2H3,(H,26,28). The minimum Gasteiger partial charge on any atom is -0.490 e. The molecule has 4 aromatic rings. The third-order valence-electron chi connectivity index (χ3n) is 4.83. The molecule has 0 saturated heterocycles. The Morgan fingerprint density at radius 2 is 1.68 bits per heavy atom. The number of aromatic nitrogens is 1. The molecule has 1 heterocycles. The molecule has 6 heteroatoms. The zero-order valence-electron chi connectivity index (χ0n) is 17.6. The van der Waals surface area contributed by atoms with Gasteiger partial charge in [-0.1, -0.05) is 41.6 Å². The molecule has 1 amide bonds. The fourth-order valence-corrected chi connectivity index (χ4v) is 3.34. The number of benzene rings is 3. The van der Waals surface area contributed by atoms with Crippen molar-refractivity contribution in [3.05, 3.63) is 78.0 Å². The normalized spacial score (nSPS) is 10.8. The summed E-state index contributed by atoms with van der Waals surface area (Å²) in [6, 6.07) is 21.3. The summed E-state index contributed by atoms with van der Waals surface area (Å²) in [5, 5.41) is 9.26. The lowest BCUT2D eigenvalue weighted by Gasteiger charge is -2.12. The first kappa shape index (κ1) is 20.5. The van der Waals surface area contributed by atoms with Crippen molar-refractivity contribution in [3.8, 4) is 22.8 Å². The zero-order valence-corrected chi connectivity index (χ0v) is 17.6. The average Bonchev–Trinajstić information content (AvgIpc) is 3.28. The molecule has 0 fully saturated rings. The van der Waals surface area contributed by atoms with E-state index in [0.29, 0.717) is 41.7 Å². The smallest absolute Gasteiger partial charge is 0.251 e.